The first kappa shape index (κ1) is 15.1. The smallest absolute Gasteiger partial charge is 0.224 e. The average molecular weight is 300 g/mol. The Bertz CT molecular complexity index is 579. The summed E-state index contributed by atoms with van der Waals surface area (Å²) in [5, 5.41) is 3.08. The predicted octanol–water partition coefficient (Wildman–Crippen LogP) is 0.323. The van der Waals surface area contributed by atoms with E-state index in [-0.39, 0.29) is 29.9 Å². The Morgan fingerprint density at radius 2 is 2.25 bits per heavy atom. The number of furan rings is 1. The fourth-order valence-electron chi connectivity index (χ4n) is 2.26. The lowest BCUT2D eigenvalue weighted by molar-refractivity contribution is -0.131. The van der Waals surface area contributed by atoms with Crippen LogP contribution >= 0.6 is 0 Å². The minimum absolute atomic E-state index is 0.0342. The molecular formula is C13H20N2O4S. The zero-order chi connectivity index (χ0) is 14.8. The molecule has 20 heavy (non-hydrogen) atoms. The summed E-state index contributed by atoms with van der Waals surface area (Å²) in [5.74, 6) is 1.63. The highest BCUT2D eigenvalue weighted by Gasteiger charge is 2.27. The summed E-state index contributed by atoms with van der Waals surface area (Å²) in [6.45, 7) is 2.66. The molecule has 1 aromatic heterocycles. The molecule has 0 aromatic carbocycles. The number of nitrogens with zero attached hydrogens (tertiary/aromatic N) is 1. The molecule has 112 valence electrons. The highest BCUT2D eigenvalue weighted by molar-refractivity contribution is 7.91. The van der Waals surface area contributed by atoms with Crippen LogP contribution < -0.4 is 5.32 Å². The van der Waals surface area contributed by atoms with E-state index >= 15 is 0 Å². The Morgan fingerprint density at radius 3 is 2.85 bits per heavy atom. The van der Waals surface area contributed by atoms with Crippen molar-refractivity contribution < 1.29 is 17.6 Å². The number of nitrogens with one attached hydrogen (secondary N) is 1. The van der Waals surface area contributed by atoms with Gasteiger partial charge in [-0.05, 0) is 19.1 Å². The maximum atomic E-state index is 12.1. The molecule has 1 fully saturated rings. The first-order chi connectivity index (χ1) is 9.35. The molecule has 1 N–H and O–H groups in total. The molecule has 2 heterocycles. The van der Waals surface area contributed by atoms with Gasteiger partial charge in [0.05, 0.1) is 18.1 Å². The molecule has 0 aliphatic carbocycles. The molecular weight excluding hydrogens is 280 g/mol. The van der Waals surface area contributed by atoms with Crippen LogP contribution in [0, 0.1) is 6.92 Å². The van der Waals surface area contributed by atoms with Crippen molar-refractivity contribution in [3.63, 3.8) is 0 Å². The van der Waals surface area contributed by atoms with Gasteiger partial charge in [0.2, 0.25) is 5.91 Å². The molecule has 0 radical (unpaired) electrons. The maximum Gasteiger partial charge on any atom is 0.224 e. The van der Waals surface area contributed by atoms with Crippen LogP contribution in [0.25, 0.3) is 0 Å². The second kappa shape index (κ2) is 5.97. The van der Waals surface area contributed by atoms with Gasteiger partial charge in [-0.25, -0.2) is 8.42 Å². The normalized spacial score (nSPS) is 21.6. The number of amides is 1. The van der Waals surface area contributed by atoms with Crippen LogP contribution in [-0.4, -0.2) is 50.4 Å². The van der Waals surface area contributed by atoms with Gasteiger partial charge in [-0.1, -0.05) is 0 Å². The van der Waals surface area contributed by atoms with E-state index in [0.717, 1.165) is 11.5 Å². The van der Waals surface area contributed by atoms with Crippen LogP contribution in [0.5, 0.6) is 0 Å². The Hall–Kier alpha value is -1.34. The van der Waals surface area contributed by atoms with Crippen LogP contribution in [0.3, 0.4) is 0 Å². The van der Waals surface area contributed by atoms with Crippen molar-refractivity contribution in [3.8, 4) is 0 Å². The third kappa shape index (κ3) is 4.08. The van der Waals surface area contributed by atoms with Gasteiger partial charge in [0.25, 0.3) is 0 Å². The molecule has 0 spiro atoms. The molecule has 1 saturated heterocycles. The number of hydrogen-bond acceptors (Lipinski definition) is 5. The fraction of sp³-hybridized carbons (Fsp3) is 0.615. The van der Waals surface area contributed by atoms with E-state index in [1.54, 1.807) is 11.9 Å². The summed E-state index contributed by atoms with van der Waals surface area (Å²) < 4.78 is 28.5. The van der Waals surface area contributed by atoms with Gasteiger partial charge in [-0.15, -0.1) is 0 Å². The molecule has 1 amide bonds. The first-order valence-corrected chi connectivity index (χ1v) is 8.41. The SMILES string of the molecule is Cc1ccc(CN(C)C(=O)CC2CS(=O)(=O)CCN2)o1. The van der Waals surface area contributed by atoms with Gasteiger partial charge in [0.1, 0.15) is 11.5 Å². The van der Waals surface area contributed by atoms with E-state index in [2.05, 4.69) is 5.32 Å². The van der Waals surface area contributed by atoms with Crippen LogP contribution in [0.4, 0.5) is 0 Å². The number of carbonyl (C=O) groups is 1. The number of aryl methyl sites for hydroxylation is 1. The monoisotopic (exact) mass is 300 g/mol. The van der Waals surface area contributed by atoms with Crippen LogP contribution in [0.1, 0.15) is 17.9 Å². The van der Waals surface area contributed by atoms with Crippen LogP contribution in [0.2, 0.25) is 0 Å². The molecule has 0 bridgehead atoms. The Kier molecular flexibility index (Phi) is 4.49. The minimum atomic E-state index is -3.01. The van der Waals surface area contributed by atoms with E-state index in [1.165, 1.54) is 0 Å². The molecule has 1 aliphatic heterocycles. The number of carbonyl (C=O) groups excluding carboxylic acids is 1. The zero-order valence-corrected chi connectivity index (χ0v) is 12.6. The molecule has 2 rings (SSSR count). The van der Waals surface area contributed by atoms with Crippen molar-refractivity contribution >= 4 is 15.7 Å². The standard InChI is InChI=1S/C13H20N2O4S/c1-10-3-4-12(19-10)8-15(2)13(16)7-11-9-20(17,18)6-5-14-11/h3-4,11,14H,5-9H2,1-2H3. The summed E-state index contributed by atoms with van der Waals surface area (Å²) in [5.41, 5.74) is 0. The Balaban J connectivity index is 1.87. The second-order valence-electron chi connectivity index (χ2n) is 5.23. The summed E-state index contributed by atoms with van der Waals surface area (Å²) in [6.07, 6.45) is 0.190. The lowest BCUT2D eigenvalue weighted by Crippen LogP contribution is -2.47. The van der Waals surface area contributed by atoms with Crippen molar-refractivity contribution in [1.29, 1.82) is 0 Å². The molecule has 1 atom stereocenters. The lowest BCUT2D eigenvalue weighted by atomic mass is 10.2. The van der Waals surface area contributed by atoms with Crippen molar-refractivity contribution in [2.24, 2.45) is 0 Å². The van der Waals surface area contributed by atoms with Gasteiger partial charge >= 0.3 is 0 Å². The summed E-state index contributed by atoms with van der Waals surface area (Å²) >= 11 is 0. The van der Waals surface area contributed by atoms with E-state index in [9.17, 15) is 13.2 Å². The number of rotatable bonds is 4. The number of sulfone groups is 1. The van der Waals surface area contributed by atoms with E-state index in [4.69, 9.17) is 4.42 Å². The maximum absolute atomic E-state index is 12.1. The third-order valence-electron chi connectivity index (χ3n) is 3.34. The van der Waals surface area contributed by atoms with Gasteiger partial charge in [0.15, 0.2) is 9.84 Å². The third-order valence-corrected chi connectivity index (χ3v) is 5.07. The summed E-state index contributed by atoms with van der Waals surface area (Å²) in [6, 6.07) is 3.40. The highest BCUT2D eigenvalue weighted by atomic mass is 32.2. The molecule has 6 nitrogen and oxygen atoms in total. The van der Waals surface area contributed by atoms with Gasteiger partial charge in [-0.2, -0.15) is 0 Å². The molecule has 1 aromatic rings. The topological polar surface area (TPSA) is 79.6 Å². The van der Waals surface area contributed by atoms with Crippen molar-refractivity contribution in [1.82, 2.24) is 10.2 Å². The summed E-state index contributed by atoms with van der Waals surface area (Å²) in [4.78, 5) is 13.6. The molecule has 1 aliphatic rings. The van der Waals surface area contributed by atoms with E-state index in [1.807, 2.05) is 19.1 Å². The minimum Gasteiger partial charge on any atom is -0.464 e. The quantitative estimate of drug-likeness (QED) is 0.866. The molecule has 0 saturated carbocycles. The second-order valence-corrected chi connectivity index (χ2v) is 7.46. The Labute approximate surface area is 119 Å². The van der Waals surface area contributed by atoms with Gasteiger partial charge < -0.3 is 14.6 Å². The largest absolute Gasteiger partial charge is 0.464 e. The Morgan fingerprint density at radius 1 is 1.50 bits per heavy atom. The molecule has 1 unspecified atom stereocenters. The van der Waals surface area contributed by atoms with Crippen molar-refractivity contribution in [2.45, 2.75) is 25.9 Å². The van der Waals surface area contributed by atoms with Crippen molar-refractivity contribution in [3.05, 3.63) is 23.7 Å². The van der Waals surface area contributed by atoms with Crippen molar-refractivity contribution in [2.75, 3.05) is 25.1 Å². The average Bonchev–Trinajstić information content (AvgIpc) is 2.73. The van der Waals surface area contributed by atoms with Gasteiger partial charge in [0, 0.05) is 26.1 Å². The van der Waals surface area contributed by atoms with Gasteiger partial charge in [-0.3, -0.25) is 4.79 Å². The predicted molar refractivity (Wildman–Crippen MR) is 75.0 cm³/mol. The lowest BCUT2D eigenvalue weighted by Gasteiger charge is -2.25. The first-order valence-electron chi connectivity index (χ1n) is 6.59. The number of hydrogen-bond donors (Lipinski definition) is 1. The van der Waals surface area contributed by atoms with E-state index in [0.29, 0.717) is 13.1 Å². The molecule has 7 heteroatoms. The van der Waals surface area contributed by atoms with Crippen LogP contribution in [-0.2, 0) is 21.2 Å². The highest BCUT2D eigenvalue weighted by Crippen LogP contribution is 2.11. The summed E-state index contributed by atoms with van der Waals surface area (Å²) in [7, 11) is -1.32. The van der Waals surface area contributed by atoms with E-state index < -0.39 is 9.84 Å². The van der Waals surface area contributed by atoms with Crippen LogP contribution in [0.15, 0.2) is 16.5 Å². The zero-order valence-electron chi connectivity index (χ0n) is 11.8. The fourth-order valence-corrected chi connectivity index (χ4v) is 3.70.